The second-order valence-corrected chi connectivity index (χ2v) is 12.4. The second-order valence-electron chi connectivity index (χ2n) is 10.3. The molecule has 0 spiro atoms. The molecule has 2 N–H and O–H groups in total. The minimum atomic E-state index is -3.34. The highest BCUT2D eigenvalue weighted by atomic mass is 32.2. The van der Waals surface area contributed by atoms with Gasteiger partial charge in [0.05, 0.1) is 17.9 Å². The molecular formula is C25H36N4O5S. The van der Waals surface area contributed by atoms with Crippen LogP contribution in [0.25, 0.3) is 10.9 Å². The lowest BCUT2D eigenvalue weighted by Gasteiger charge is -2.40. The summed E-state index contributed by atoms with van der Waals surface area (Å²) in [5.74, 6) is -0.345. The summed E-state index contributed by atoms with van der Waals surface area (Å²) in [6, 6.07) is 9.57. The third kappa shape index (κ3) is 5.45. The number of aromatic nitrogens is 1. The Morgan fingerprint density at radius 3 is 2.43 bits per heavy atom. The van der Waals surface area contributed by atoms with Gasteiger partial charge < -0.3 is 15.0 Å². The van der Waals surface area contributed by atoms with E-state index in [1.165, 1.54) is 11.4 Å². The van der Waals surface area contributed by atoms with E-state index in [2.05, 4.69) is 10.2 Å². The predicted molar refractivity (Wildman–Crippen MR) is 136 cm³/mol. The smallest absolute Gasteiger partial charge is 0.264 e. The van der Waals surface area contributed by atoms with Gasteiger partial charge in [0.2, 0.25) is 10.0 Å². The third-order valence-corrected chi connectivity index (χ3v) is 8.66. The van der Waals surface area contributed by atoms with Crippen molar-refractivity contribution < 1.29 is 18.3 Å². The summed E-state index contributed by atoms with van der Waals surface area (Å²) >= 11 is 0. The van der Waals surface area contributed by atoms with Crippen LogP contribution >= 0.6 is 0 Å². The number of aliphatic hydroxyl groups is 1. The highest BCUT2D eigenvalue weighted by Crippen LogP contribution is 2.36. The third-order valence-electron chi connectivity index (χ3n) is 7.38. The van der Waals surface area contributed by atoms with Gasteiger partial charge >= 0.3 is 0 Å². The zero-order valence-electron chi connectivity index (χ0n) is 20.8. The van der Waals surface area contributed by atoms with Crippen molar-refractivity contribution in [2.45, 2.75) is 69.8 Å². The van der Waals surface area contributed by atoms with Crippen LogP contribution in [-0.2, 0) is 10.0 Å². The van der Waals surface area contributed by atoms with Gasteiger partial charge in [-0.3, -0.25) is 14.5 Å². The normalized spacial score (nSPS) is 23.8. The van der Waals surface area contributed by atoms with Crippen molar-refractivity contribution in [1.29, 1.82) is 0 Å². The van der Waals surface area contributed by atoms with E-state index in [9.17, 15) is 23.1 Å². The van der Waals surface area contributed by atoms with E-state index in [1.807, 2.05) is 38.1 Å². The Balaban J connectivity index is 1.44. The van der Waals surface area contributed by atoms with E-state index in [1.54, 1.807) is 10.6 Å². The molecule has 9 nitrogen and oxygen atoms in total. The molecule has 35 heavy (non-hydrogen) atoms. The Morgan fingerprint density at radius 1 is 1.20 bits per heavy atom. The number of fused-ring (bicyclic) bond motifs is 3. The van der Waals surface area contributed by atoms with E-state index in [0.717, 1.165) is 42.8 Å². The summed E-state index contributed by atoms with van der Waals surface area (Å²) in [4.78, 5) is 28.7. The van der Waals surface area contributed by atoms with Gasteiger partial charge in [-0.2, -0.15) is 0 Å². The van der Waals surface area contributed by atoms with E-state index in [0.29, 0.717) is 6.54 Å². The Kier molecular flexibility index (Phi) is 7.38. The molecule has 2 aromatic rings. The minimum absolute atomic E-state index is 0.0505. The van der Waals surface area contributed by atoms with Crippen LogP contribution in [-0.4, -0.2) is 83.8 Å². The molecule has 0 radical (unpaired) electrons. The van der Waals surface area contributed by atoms with Gasteiger partial charge in [0.15, 0.2) is 0 Å². The monoisotopic (exact) mass is 504 g/mol. The van der Waals surface area contributed by atoms with Gasteiger partial charge in [-0.15, -0.1) is 0 Å². The number of para-hydroxylation sites is 1. The van der Waals surface area contributed by atoms with Crippen molar-refractivity contribution >= 4 is 26.8 Å². The average molecular weight is 505 g/mol. The van der Waals surface area contributed by atoms with E-state index < -0.39 is 16.1 Å². The van der Waals surface area contributed by atoms with E-state index >= 15 is 0 Å². The van der Waals surface area contributed by atoms with Crippen LogP contribution in [0, 0.1) is 0 Å². The minimum Gasteiger partial charge on any atom is -0.390 e. The summed E-state index contributed by atoms with van der Waals surface area (Å²) in [5.41, 5.74) is 0.691. The molecule has 1 aromatic carbocycles. The molecule has 2 bridgehead atoms. The number of sulfonamides is 1. The standard InChI is InChI=1S/C25H36N4O5S/c1-16(2)29-23-8-6-5-7-17(23)11-22(25(29)32)24(31)26-18-12-19-9-10-20(13-18)28(19)15-21(30)14-27(3)35(4,33)34/h5-8,11,16,18-21,30H,9-10,12-15H2,1-4H3,(H,26,31)/t18?,19-,20+,21-/m0/s1. The molecular weight excluding hydrogens is 468 g/mol. The number of carbonyl (C=O) groups excluding carboxylic acids is 1. The largest absolute Gasteiger partial charge is 0.390 e. The van der Waals surface area contributed by atoms with Crippen molar-refractivity contribution in [3.63, 3.8) is 0 Å². The van der Waals surface area contributed by atoms with Crippen LogP contribution in [0.3, 0.4) is 0 Å². The summed E-state index contributed by atoms with van der Waals surface area (Å²) in [6.07, 6.45) is 3.77. The molecule has 2 aliphatic heterocycles. The van der Waals surface area contributed by atoms with E-state index in [-0.39, 0.29) is 47.7 Å². The van der Waals surface area contributed by atoms with Crippen LogP contribution in [0.4, 0.5) is 0 Å². The summed E-state index contributed by atoms with van der Waals surface area (Å²) in [6.45, 7) is 4.33. The molecule has 2 saturated heterocycles. The van der Waals surface area contributed by atoms with Crippen LogP contribution in [0.1, 0.15) is 55.9 Å². The molecule has 4 rings (SSSR count). The SMILES string of the molecule is CC(C)n1c(=O)c(C(=O)NC2C[C@H]3CC[C@@H](C2)N3C[C@@H](O)CN(C)S(C)(=O)=O)cc2ccccc21. The number of aliphatic hydroxyl groups excluding tert-OH is 1. The summed E-state index contributed by atoms with van der Waals surface area (Å²) in [7, 11) is -1.88. The van der Waals surface area contributed by atoms with Gasteiger partial charge in [-0.05, 0) is 57.0 Å². The van der Waals surface area contributed by atoms with Crippen molar-refractivity contribution in [2.24, 2.45) is 0 Å². The number of likely N-dealkylation sites (N-methyl/N-ethyl adjacent to an activating group) is 1. The Labute approximate surface area is 206 Å². The molecule has 1 amide bonds. The van der Waals surface area contributed by atoms with Gasteiger partial charge in [0.25, 0.3) is 11.5 Å². The lowest BCUT2D eigenvalue weighted by Crippen LogP contribution is -2.53. The molecule has 3 heterocycles. The molecule has 0 aliphatic carbocycles. The van der Waals surface area contributed by atoms with Crippen molar-refractivity contribution in [1.82, 2.24) is 19.1 Å². The number of hydrogen-bond acceptors (Lipinski definition) is 6. The first-order chi connectivity index (χ1) is 16.5. The molecule has 1 aromatic heterocycles. The molecule has 4 atom stereocenters. The molecule has 1 unspecified atom stereocenters. The number of benzene rings is 1. The maximum Gasteiger partial charge on any atom is 0.264 e. The fourth-order valence-corrected chi connectivity index (χ4v) is 6.09. The molecule has 2 aliphatic rings. The number of piperidine rings is 1. The quantitative estimate of drug-likeness (QED) is 0.564. The average Bonchev–Trinajstić information content (AvgIpc) is 2.99. The fraction of sp³-hybridized carbons (Fsp3) is 0.600. The van der Waals surface area contributed by atoms with Crippen LogP contribution < -0.4 is 10.9 Å². The second kappa shape index (κ2) is 10.0. The first-order valence-electron chi connectivity index (χ1n) is 12.3. The highest BCUT2D eigenvalue weighted by Gasteiger charge is 2.42. The zero-order chi connectivity index (χ0) is 25.5. The molecule has 192 valence electrons. The van der Waals surface area contributed by atoms with Gasteiger partial charge in [-0.1, -0.05) is 18.2 Å². The number of rotatable bonds is 8. The number of hydrogen-bond donors (Lipinski definition) is 2. The van der Waals surface area contributed by atoms with Gasteiger partial charge in [0.1, 0.15) is 5.56 Å². The predicted octanol–water partition coefficient (Wildman–Crippen LogP) is 1.56. The van der Waals surface area contributed by atoms with Crippen molar-refractivity contribution in [3.8, 4) is 0 Å². The first kappa shape index (κ1) is 25.8. The molecule has 10 heteroatoms. The Hall–Kier alpha value is -2.27. The topological polar surface area (TPSA) is 112 Å². The Bertz CT molecular complexity index is 1240. The molecule has 0 saturated carbocycles. The van der Waals surface area contributed by atoms with Crippen molar-refractivity contribution in [2.75, 3.05) is 26.4 Å². The van der Waals surface area contributed by atoms with Crippen LogP contribution in [0.15, 0.2) is 35.1 Å². The van der Waals surface area contributed by atoms with Gasteiger partial charge in [0, 0.05) is 44.3 Å². The maximum absolute atomic E-state index is 13.2. The number of pyridine rings is 1. The van der Waals surface area contributed by atoms with Crippen molar-refractivity contribution in [3.05, 3.63) is 46.2 Å². The fourth-order valence-electron chi connectivity index (χ4n) is 5.65. The maximum atomic E-state index is 13.2. The Morgan fingerprint density at radius 2 is 1.83 bits per heavy atom. The lowest BCUT2D eigenvalue weighted by atomic mass is 9.96. The summed E-state index contributed by atoms with van der Waals surface area (Å²) < 4.78 is 26.1. The lowest BCUT2D eigenvalue weighted by molar-refractivity contribution is 0.0448. The van der Waals surface area contributed by atoms with Crippen LogP contribution in [0.5, 0.6) is 0 Å². The highest BCUT2D eigenvalue weighted by molar-refractivity contribution is 7.88. The first-order valence-corrected chi connectivity index (χ1v) is 14.1. The number of amides is 1. The van der Waals surface area contributed by atoms with Crippen LogP contribution in [0.2, 0.25) is 0 Å². The number of nitrogens with zero attached hydrogens (tertiary/aromatic N) is 3. The van der Waals surface area contributed by atoms with E-state index in [4.69, 9.17) is 0 Å². The summed E-state index contributed by atoms with van der Waals surface area (Å²) in [5, 5.41) is 14.5. The zero-order valence-corrected chi connectivity index (χ0v) is 21.7. The number of nitrogens with one attached hydrogen (secondary N) is 1. The number of carbonyl (C=O) groups is 1. The van der Waals surface area contributed by atoms with Gasteiger partial charge in [-0.25, -0.2) is 12.7 Å². The molecule has 2 fully saturated rings.